The Hall–Kier alpha value is -1.65. The number of ketones is 1. The summed E-state index contributed by atoms with van der Waals surface area (Å²) in [6.45, 7) is 0. The molecule has 0 fully saturated rings. The van der Waals surface area contributed by atoms with E-state index in [4.69, 9.17) is 10.8 Å². The van der Waals surface area contributed by atoms with Crippen molar-refractivity contribution in [2.45, 2.75) is 6.23 Å². The van der Waals surface area contributed by atoms with Gasteiger partial charge in [-0.3, -0.25) is 10.5 Å². The van der Waals surface area contributed by atoms with Crippen molar-refractivity contribution >= 4 is 16.7 Å². The molecule has 0 radical (unpaired) electrons. The lowest BCUT2D eigenvalue weighted by Crippen LogP contribution is -2.29. The second kappa shape index (κ2) is 3.25. The number of H-pyrrole nitrogens is 1. The molecule has 0 saturated carbocycles. The van der Waals surface area contributed by atoms with Gasteiger partial charge in [0.1, 0.15) is 0 Å². The summed E-state index contributed by atoms with van der Waals surface area (Å²) < 4.78 is 0. The molecule has 72 valence electrons. The van der Waals surface area contributed by atoms with Crippen molar-refractivity contribution in [3.05, 3.63) is 36.0 Å². The minimum atomic E-state index is -1.45. The van der Waals surface area contributed by atoms with Crippen molar-refractivity contribution in [1.29, 1.82) is 0 Å². The van der Waals surface area contributed by atoms with Crippen molar-refractivity contribution in [1.82, 2.24) is 4.98 Å². The van der Waals surface area contributed by atoms with Gasteiger partial charge in [0.15, 0.2) is 6.23 Å². The molecule has 1 unspecified atom stereocenters. The third-order valence-corrected chi connectivity index (χ3v) is 2.12. The molecule has 2 rings (SSSR count). The van der Waals surface area contributed by atoms with Crippen LogP contribution in [0.3, 0.4) is 0 Å². The number of aliphatic hydroxyl groups excluding tert-OH is 1. The van der Waals surface area contributed by atoms with Gasteiger partial charge in [-0.05, 0) is 6.07 Å². The first kappa shape index (κ1) is 8.93. The number of rotatable bonds is 2. The standard InChI is InChI=1S/C10H10N2O2/c11-10(14)9(13)7-5-12-8-4-2-1-3-6(7)8/h1-5,10,12,14H,11H2. The summed E-state index contributed by atoms with van der Waals surface area (Å²) >= 11 is 0. The molecule has 0 amide bonds. The smallest absolute Gasteiger partial charge is 0.208 e. The highest BCUT2D eigenvalue weighted by atomic mass is 16.3. The van der Waals surface area contributed by atoms with Crippen LogP contribution in [-0.4, -0.2) is 22.1 Å². The Kier molecular flexibility index (Phi) is 2.07. The Morgan fingerprint density at radius 1 is 1.43 bits per heavy atom. The predicted octanol–water partition coefficient (Wildman–Crippen LogP) is 0.628. The van der Waals surface area contributed by atoms with Crippen LogP contribution in [0.25, 0.3) is 10.9 Å². The molecular weight excluding hydrogens is 180 g/mol. The number of aromatic nitrogens is 1. The van der Waals surface area contributed by atoms with Crippen LogP contribution in [0.4, 0.5) is 0 Å². The lowest BCUT2D eigenvalue weighted by Gasteiger charge is -2.00. The van der Waals surface area contributed by atoms with E-state index in [0.717, 1.165) is 10.9 Å². The Morgan fingerprint density at radius 2 is 2.14 bits per heavy atom. The fourth-order valence-corrected chi connectivity index (χ4v) is 1.43. The minimum Gasteiger partial charge on any atom is -0.371 e. The van der Waals surface area contributed by atoms with Gasteiger partial charge in [-0.2, -0.15) is 0 Å². The van der Waals surface area contributed by atoms with Gasteiger partial charge in [-0.25, -0.2) is 0 Å². The quantitative estimate of drug-likeness (QED) is 0.480. The summed E-state index contributed by atoms with van der Waals surface area (Å²) in [7, 11) is 0. The summed E-state index contributed by atoms with van der Waals surface area (Å²) in [5.41, 5.74) is 6.39. The summed E-state index contributed by atoms with van der Waals surface area (Å²) in [6.07, 6.45) is 0.109. The van der Waals surface area contributed by atoms with Crippen LogP contribution in [0.2, 0.25) is 0 Å². The normalized spacial score (nSPS) is 13.0. The first-order valence-corrected chi connectivity index (χ1v) is 4.24. The van der Waals surface area contributed by atoms with Gasteiger partial charge in [0.2, 0.25) is 5.78 Å². The van der Waals surface area contributed by atoms with Gasteiger partial charge in [0.25, 0.3) is 0 Å². The van der Waals surface area contributed by atoms with Crippen LogP contribution in [0.15, 0.2) is 30.5 Å². The maximum Gasteiger partial charge on any atom is 0.208 e. The molecule has 1 aromatic heterocycles. The Morgan fingerprint density at radius 3 is 2.86 bits per heavy atom. The summed E-state index contributed by atoms with van der Waals surface area (Å²) in [5.74, 6) is -0.470. The average molecular weight is 190 g/mol. The number of carbonyl (C=O) groups excluding carboxylic acids is 1. The summed E-state index contributed by atoms with van der Waals surface area (Å²) in [4.78, 5) is 14.4. The number of benzene rings is 1. The molecule has 14 heavy (non-hydrogen) atoms. The van der Waals surface area contributed by atoms with E-state index in [2.05, 4.69) is 4.98 Å². The minimum absolute atomic E-state index is 0.426. The van der Waals surface area contributed by atoms with Gasteiger partial charge >= 0.3 is 0 Å². The SMILES string of the molecule is NC(O)C(=O)c1c[nH]c2ccccc12. The van der Waals surface area contributed by atoms with Gasteiger partial charge in [-0.1, -0.05) is 18.2 Å². The summed E-state index contributed by atoms with van der Waals surface area (Å²) in [6, 6.07) is 7.36. The van der Waals surface area contributed by atoms with Crippen LogP contribution in [0.5, 0.6) is 0 Å². The largest absolute Gasteiger partial charge is 0.371 e. The molecule has 0 spiro atoms. The third kappa shape index (κ3) is 1.30. The maximum absolute atomic E-state index is 11.4. The molecule has 4 nitrogen and oxygen atoms in total. The third-order valence-electron chi connectivity index (χ3n) is 2.12. The van der Waals surface area contributed by atoms with Gasteiger partial charge < -0.3 is 10.1 Å². The Labute approximate surface area is 80.3 Å². The molecule has 1 heterocycles. The topological polar surface area (TPSA) is 79.1 Å². The fraction of sp³-hybridized carbons (Fsp3) is 0.100. The molecule has 0 saturated heterocycles. The first-order chi connectivity index (χ1) is 6.70. The van der Waals surface area contributed by atoms with E-state index in [1.54, 1.807) is 12.3 Å². The molecular formula is C10H10N2O2. The first-order valence-electron chi connectivity index (χ1n) is 4.24. The molecule has 4 N–H and O–H groups in total. The van der Waals surface area contributed by atoms with Crippen LogP contribution >= 0.6 is 0 Å². The zero-order chi connectivity index (χ0) is 10.1. The van der Waals surface area contributed by atoms with E-state index in [-0.39, 0.29) is 0 Å². The van der Waals surface area contributed by atoms with Crippen molar-refractivity contribution in [3.8, 4) is 0 Å². The highest BCUT2D eigenvalue weighted by Crippen LogP contribution is 2.18. The maximum atomic E-state index is 11.4. The second-order valence-electron chi connectivity index (χ2n) is 3.06. The van der Waals surface area contributed by atoms with Gasteiger partial charge in [0, 0.05) is 22.7 Å². The van der Waals surface area contributed by atoms with Crippen molar-refractivity contribution in [2.75, 3.05) is 0 Å². The van der Waals surface area contributed by atoms with Gasteiger partial charge in [-0.15, -0.1) is 0 Å². The lowest BCUT2D eigenvalue weighted by atomic mass is 10.1. The van der Waals surface area contributed by atoms with Crippen LogP contribution in [0, 0.1) is 0 Å². The number of nitrogens with one attached hydrogen (secondary N) is 1. The number of hydrogen-bond donors (Lipinski definition) is 3. The fourth-order valence-electron chi connectivity index (χ4n) is 1.43. The van der Waals surface area contributed by atoms with E-state index in [0.29, 0.717) is 5.56 Å². The Balaban J connectivity index is 2.58. The van der Waals surface area contributed by atoms with Crippen molar-refractivity contribution in [2.24, 2.45) is 5.73 Å². The van der Waals surface area contributed by atoms with E-state index >= 15 is 0 Å². The van der Waals surface area contributed by atoms with Crippen LogP contribution in [0.1, 0.15) is 10.4 Å². The number of fused-ring (bicyclic) bond motifs is 1. The van der Waals surface area contributed by atoms with E-state index in [1.165, 1.54) is 0 Å². The molecule has 1 atom stereocenters. The average Bonchev–Trinajstić information content (AvgIpc) is 2.60. The second-order valence-corrected chi connectivity index (χ2v) is 3.06. The molecule has 0 aliphatic rings. The van der Waals surface area contributed by atoms with E-state index in [9.17, 15) is 4.79 Å². The van der Waals surface area contributed by atoms with Crippen LogP contribution in [-0.2, 0) is 0 Å². The van der Waals surface area contributed by atoms with Crippen molar-refractivity contribution in [3.63, 3.8) is 0 Å². The predicted molar refractivity (Wildman–Crippen MR) is 52.8 cm³/mol. The Bertz CT molecular complexity index is 474. The van der Waals surface area contributed by atoms with Crippen molar-refractivity contribution < 1.29 is 9.90 Å². The molecule has 2 aromatic rings. The number of hydrogen-bond acceptors (Lipinski definition) is 3. The number of nitrogens with two attached hydrogens (primary N) is 1. The number of aliphatic hydroxyl groups is 1. The summed E-state index contributed by atoms with van der Waals surface area (Å²) in [5, 5.41) is 9.75. The monoisotopic (exact) mass is 190 g/mol. The van der Waals surface area contributed by atoms with Crippen LogP contribution < -0.4 is 5.73 Å². The highest BCUT2D eigenvalue weighted by molar-refractivity contribution is 6.09. The molecule has 0 aliphatic carbocycles. The van der Waals surface area contributed by atoms with E-state index < -0.39 is 12.0 Å². The zero-order valence-corrected chi connectivity index (χ0v) is 7.40. The van der Waals surface area contributed by atoms with Gasteiger partial charge in [0.05, 0.1) is 0 Å². The molecule has 1 aromatic carbocycles. The molecule has 4 heteroatoms. The number of aromatic amines is 1. The highest BCUT2D eigenvalue weighted by Gasteiger charge is 2.16. The molecule has 0 aliphatic heterocycles. The molecule has 0 bridgehead atoms. The van der Waals surface area contributed by atoms with E-state index in [1.807, 2.05) is 18.2 Å². The number of Topliss-reactive ketones (excluding diaryl/α,β-unsaturated/α-hetero) is 1. The lowest BCUT2D eigenvalue weighted by molar-refractivity contribution is 0.0761. The number of para-hydroxylation sites is 1. The number of carbonyl (C=O) groups is 1. The zero-order valence-electron chi connectivity index (χ0n) is 7.40.